The highest BCUT2D eigenvalue weighted by Crippen LogP contribution is 2.20. The number of alkyl halides is 2. The van der Waals surface area contributed by atoms with Crippen LogP contribution in [0.25, 0.3) is 0 Å². The molecular weight excluding hydrogens is 261 g/mol. The van der Waals surface area contributed by atoms with E-state index in [1.54, 1.807) is 17.0 Å². The standard InChI is InChI=1S/C12H15Cl2NO2/c13-6-8-15(9-7-14)11(12(16)17)10-4-2-1-3-5-10/h1-5,11H,6-9H2,(H,16,17). The van der Waals surface area contributed by atoms with Crippen LogP contribution < -0.4 is 0 Å². The maximum Gasteiger partial charge on any atom is 0.325 e. The molecule has 0 aliphatic heterocycles. The van der Waals surface area contributed by atoms with Crippen molar-refractivity contribution in [2.75, 3.05) is 24.8 Å². The number of carboxylic acids is 1. The van der Waals surface area contributed by atoms with Crippen molar-refractivity contribution in [3.8, 4) is 0 Å². The molecule has 0 bridgehead atoms. The zero-order chi connectivity index (χ0) is 12.7. The summed E-state index contributed by atoms with van der Waals surface area (Å²) < 4.78 is 0. The van der Waals surface area contributed by atoms with Crippen molar-refractivity contribution in [1.29, 1.82) is 0 Å². The maximum absolute atomic E-state index is 11.4. The zero-order valence-electron chi connectivity index (χ0n) is 9.35. The number of rotatable bonds is 7. The van der Waals surface area contributed by atoms with Gasteiger partial charge in [0, 0.05) is 24.8 Å². The maximum atomic E-state index is 11.4. The minimum absolute atomic E-state index is 0.382. The van der Waals surface area contributed by atoms with Crippen LogP contribution in [-0.2, 0) is 4.79 Å². The van der Waals surface area contributed by atoms with Crippen molar-refractivity contribution >= 4 is 29.2 Å². The van der Waals surface area contributed by atoms with E-state index in [1.165, 1.54) is 0 Å². The molecule has 1 rings (SSSR count). The highest BCUT2D eigenvalue weighted by Gasteiger charge is 2.26. The summed E-state index contributed by atoms with van der Waals surface area (Å²) in [6.07, 6.45) is 0. The lowest BCUT2D eigenvalue weighted by Gasteiger charge is -2.27. The zero-order valence-corrected chi connectivity index (χ0v) is 10.9. The fourth-order valence-electron chi connectivity index (χ4n) is 1.73. The summed E-state index contributed by atoms with van der Waals surface area (Å²) in [5.74, 6) is -0.118. The molecule has 0 radical (unpaired) electrons. The van der Waals surface area contributed by atoms with E-state index in [-0.39, 0.29) is 0 Å². The van der Waals surface area contributed by atoms with Crippen LogP contribution in [0, 0.1) is 0 Å². The molecule has 94 valence electrons. The second kappa shape index (κ2) is 7.54. The summed E-state index contributed by atoms with van der Waals surface area (Å²) in [6.45, 7) is 1.00. The third kappa shape index (κ3) is 4.19. The van der Waals surface area contributed by atoms with Crippen LogP contribution in [0.3, 0.4) is 0 Å². The van der Waals surface area contributed by atoms with Crippen LogP contribution in [0.4, 0.5) is 0 Å². The first-order valence-electron chi connectivity index (χ1n) is 5.34. The fraction of sp³-hybridized carbons (Fsp3) is 0.417. The van der Waals surface area contributed by atoms with Crippen molar-refractivity contribution in [3.05, 3.63) is 35.9 Å². The Morgan fingerprint density at radius 1 is 1.18 bits per heavy atom. The summed E-state index contributed by atoms with van der Waals surface area (Å²) in [5, 5.41) is 9.32. The molecule has 3 nitrogen and oxygen atoms in total. The van der Waals surface area contributed by atoms with Crippen LogP contribution >= 0.6 is 23.2 Å². The van der Waals surface area contributed by atoms with E-state index < -0.39 is 12.0 Å². The van der Waals surface area contributed by atoms with Crippen LogP contribution in [0.2, 0.25) is 0 Å². The van der Waals surface area contributed by atoms with E-state index in [0.29, 0.717) is 24.8 Å². The van der Waals surface area contributed by atoms with Gasteiger partial charge in [0.15, 0.2) is 0 Å². The summed E-state index contributed by atoms with van der Waals surface area (Å²) in [6, 6.07) is 8.42. The first kappa shape index (κ1) is 14.3. The Balaban J connectivity index is 2.94. The highest BCUT2D eigenvalue weighted by molar-refractivity contribution is 6.18. The topological polar surface area (TPSA) is 40.5 Å². The number of nitrogens with zero attached hydrogens (tertiary/aromatic N) is 1. The number of hydrogen-bond acceptors (Lipinski definition) is 2. The van der Waals surface area contributed by atoms with Gasteiger partial charge in [0.05, 0.1) is 0 Å². The van der Waals surface area contributed by atoms with Gasteiger partial charge in [-0.15, -0.1) is 23.2 Å². The van der Waals surface area contributed by atoms with E-state index in [0.717, 1.165) is 5.56 Å². The van der Waals surface area contributed by atoms with E-state index >= 15 is 0 Å². The molecule has 0 saturated carbocycles. The first-order valence-corrected chi connectivity index (χ1v) is 6.41. The molecule has 1 unspecified atom stereocenters. The second-order valence-corrected chi connectivity index (χ2v) is 4.32. The number of carbonyl (C=O) groups is 1. The van der Waals surface area contributed by atoms with Crippen molar-refractivity contribution in [1.82, 2.24) is 4.90 Å². The average Bonchev–Trinajstić information content (AvgIpc) is 2.31. The molecule has 5 heteroatoms. The molecule has 1 N–H and O–H groups in total. The third-order valence-electron chi connectivity index (χ3n) is 2.46. The predicted molar refractivity (Wildman–Crippen MR) is 69.8 cm³/mol. The molecule has 0 aliphatic rings. The Morgan fingerprint density at radius 3 is 2.12 bits per heavy atom. The molecule has 1 aromatic rings. The molecule has 0 aliphatic carbocycles. The van der Waals surface area contributed by atoms with E-state index in [9.17, 15) is 9.90 Å². The van der Waals surface area contributed by atoms with Crippen molar-refractivity contribution in [3.63, 3.8) is 0 Å². The molecule has 1 aromatic carbocycles. The molecule has 1 atom stereocenters. The van der Waals surface area contributed by atoms with Crippen LogP contribution in [0.15, 0.2) is 30.3 Å². The third-order valence-corrected chi connectivity index (χ3v) is 2.80. The van der Waals surface area contributed by atoms with Crippen molar-refractivity contribution in [2.45, 2.75) is 6.04 Å². The molecule has 0 saturated heterocycles. The van der Waals surface area contributed by atoms with Gasteiger partial charge in [-0.25, -0.2) is 0 Å². The van der Waals surface area contributed by atoms with Gasteiger partial charge in [-0.05, 0) is 5.56 Å². The number of aliphatic carboxylic acids is 1. The molecule has 0 heterocycles. The summed E-state index contributed by atoms with van der Waals surface area (Å²) in [4.78, 5) is 13.1. The van der Waals surface area contributed by atoms with Gasteiger partial charge in [0.25, 0.3) is 0 Å². The second-order valence-electron chi connectivity index (χ2n) is 3.57. The van der Waals surface area contributed by atoms with Gasteiger partial charge in [-0.2, -0.15) is 0 Å². The molecule has 0 fully saturated rings. The van der Waals surface area contributed by atoms with Crippen LogP contribution in [0.5, 0.6) is 0 Å². The van der Waals surface area contributed by atoms with Gasteiger partial charge in [-0.1, -0.05) is 30.3 Å². The van der Waals surface area contributed by atoms with E-state index in [1.807, 2.05) is 18.2 Å². The molecule has 17 heavy (non-hydrogen) atoms. The lowest BCUT2D eigenvalue weighted by atomic mass is 10.1. The van der Waals surface area contributed by atoms with Gasteiger partial charge in [0.2, 0.25) is 0 Å². The lowest BCUT2D eigenvalue weighted by Crippen LogP contribution is -2.36. The number of carboxylic acid groups (broad SMARTS) is 1. The Bertz CT molecular complexity index is 340. The Hall–Kier alpha value is -0.770. The highest BCUT2D eigenvalue weighted by atomic mass is 35.5. The number of hydrogen-bond donors (Lipinski definition) is 1. The minimum atomic E-state index is -0.883. The van der Waals surface area contributed by atoms with Gasteiger partial charge in [0.1, 0.15) is 6.04 Å². The SMILES string of the molecule is O=C(O)C(c1ccccc1)N(CCCl)CCCl. The van der Waals surface area contributed by atoms with Gasteiger partial charge >= 0.3 is 5.97 Å². The van der Waals surface area contributed by atoms with Crippen molar-refractivity contribution in [2.24, 2.45) is 0 Å². The van der Waals surface area contributed by atoms with Gasteiger partial charge in [-0.3, -0.25) is 9.69 Å². The smallest absolute Gasteiger partial charge is 0.325 e. The summed E-state index contributed by atoms with van der Waals surface area (Å²) >= 11 is 11.4. The monoisotopic (exact) mass is 275 g/mol. The van der Waals surface area contributed by atoms with E-state index in [2.05, 4.69) is 0 Å². The fourth-order valence-corrected chi connectivity index (χ4v) is 2.17. The lowest BCUT2D eigenvalue weighted by molar-refractivity contribution is -0.143. The minimum Gasteiger partial charge on any atom is -0.480 e. The molecular formula is C12H15Cl2NO2. The Morgan fingerprint density at radius 2 is 1.71 bits per heavy atom. The summed E-state index contributed by atoms with van der Waals surface area (Å²) in [5.41, 5.74) is 0.746. The van der Waals surface area contributed by atoms with E-state index in [4.69, 9.17) is 23.2 Å². The van der Waals surface area contributed by atoms with Crippen molar-refractivity contribution < 1.29 is 9.90 Å². The normalized spacial score (nSPS) is 12.6. The first-order chi connectivity index (χ1) is 8.20. The number of benzene rings is 1. The molecule has 0 aromatic heterocycles. The largest absolute Gasteiger partial charge is 0.480 e. The Kier molecular flexibility index (Phi) is 6.34. The summed E-state index contributed by atoms with van der Waals surface area (Å²) in [7, 11) is 0. The van der Waals surface area contributed by atoms with Crippen LogP contribution in [-0.4, -0.2) is 40.8 Å². The molecule has 0 amide bonds. The average molecular weight is 276 g/mol. The number of halogens is 2. The predicted octanol–water partition coefficient (Wildman–Crippen LogP) is 2.59. The van der Waals surface area contributed by atoms with Crippen LogP contribution in [0.1, 0.15) is 11.6 Å². The Labute approximate surface area is 111 Å². The van der Waals surface area contributed by atoms with Gasteiger partial charge < -0.3 is 5.11 Å². The molecule has 0 spiro atoms. The quantitative estimate of drug-likeness (QED) is 0.778.